The van der Waals surface area contributed by atoms with Crippen molar-refractivity contribution < 1.29 is 17.9 Å². The van der Waals surface area contributed by atoms with Crippen LogP contribution in [0.3, 0.4) is 0 Å². The van der Waals surface area contributed by atoms with E-state index in [0.29, 0.717) is 0 Å². The van der Waals surface area contributed by atoms with Crippen molar-refractivity contribution in [2.75, 3.05) is 0 Å². The molecule has 0 fully saturated rings. The molecule has 1 aromatic heterocycles. The molecular formula is C13H23N3O4S. The molecule has 0 saturated carbocycles. The van der Waals surface area contributed by atoms with E-state index in [2.05, 4.69) is 9.82 Å². The topological polar surface area (TPSA) is 90.3 Å². The maximum Gasteiger partial charge on any atom is 0.324 e. The first-order chi connectivity index (χ1) is 9.42. The van der Waals surface area contributed by atoms with Gasteiger partial charge in [-0.15, -0.1) is 0 Å². The van der Waals surface area contributed by atoms with Gasteiger partial charge in [0.25, 0.3) is 0 Å². The zero-order chi connectivity index (χ0) is 16.4. The van der Waals surface area contributed by atoms with E-state index >= 15 is 0 Å². The van der Waals surface area contributed by atoms with Gasteiger partial charge in [-0.1, -0.05) is 13.8 Å². The molecule has 1 N–H and O–H groups in total. The third-order valence-corrected chi connectivity index (χ3v) is 4.00. The van der Waals surface area contributed by atoms with Crippen LogP contribution in [0.4, 0.5) is 0 Å². The summed E-state index contributed by atoms with van der Waals surface area (Å²) in [6.45, 7) is 8.70. The van der Waals surface area contributed by atoms with E-state index in [0.717, 1.165) is 0 Å². The number of aryl methyl sites for hydroxylation is 1. The third kappa shape index (κ3) is 5.13. The predicted molar refractivity (Wildman–Crippen MR) is 78.0 cm³/mol. The minimum absolute atomic E-state index is 0.0132. The molecule has 0 aromatic carbocycles. The van der Waals surface area contributed by atoms with E-state index < -0.39 is 27.6 Å². The van der Waals surface area contributed by atoms with Crippen molar-refractivity contribution in [3.05, 3.63) is 12.4 Å². The molecule has 0 saturated heterocycles. The first-order valence-electron chi connectivity index (χ1n) is 6.66. The van der Waals surface area contributed by atoms with Gasteiger partial charge in [-0.3, -0.25) is 9.48 Å². The fourth-order valence-electron chi connectivity index (χ4n) is 1.59. The second kappa shape index (κ2) is 6.15. The number of aromatic nitrogens is 2. The third-order valence-electron chi connectivity index (χ3n) is 2.60. The summed E-state index contributed by atoms with van der Waals surface area (Å²) in [7, 11) is -2.20. The van der Waals surface area contributed by atoms with E-state index in [9.17, 15) is 13.2 Å². The van der Waals surface area contributed by atoms with Gasteiger partial charge >= 0.3 is 5.97 Å². The molecule has 1 heterocycles. The van der Waals surface area contributed by atoms with Crippen LogP contribution >= 0.6 is 0 Å². The molecule has 0 unspecified atom stereocenters. The van der Waals surface area contributed by atoms with Gasteiger partial charge in [-0.2, -0.15) is 9.82 Å². The van der Waals surface area contributed by atoms with E-state index in [1.165, 1.54) is 17.1 Å². The predicted octanol–water partition coefficient (Wildman–Crippen LogP) is 1.06. The highest BCUT2D eigenvalue weighted by molar-refractivity contribution is 7.89. The van der Waals surface area contributed by atoms with Gasteiger partial charge in [-0.25, -0.2) is 8.42 Å². The monoisotopic (exact) mass is 317 g/mol. The number of carbonyl (C=O) groups excluding carboxylic acids is 1. The quantitative estimate of drug-likeness (QED) is 0.820. The Morgan fingerprint density at radius 2 is 1.95 bits per heavy atom. The fourth-order valence-corrected chi connectivity index (χ4v) is 2.91. The normalized spacial score (nSPS) is 14.2. The summed E-state index contributed by atoms with van der Waals surface area (Å²) in [6, 6.07) is -0.950. The molecular weight excluding hydrogens is 294 g/mol. The summed E-state index contributed by atoms with van der Waals surface area (Å²) < 4.78 is 33.5. The Balaban J connectivity index is 2.96. The molecule has 8 heteroatoms. The summed E-state index contributed by atoms with van der Waals surface area (Å²) in [5, 5.41) is 3.82. The summed E-state index contributed by atoms with van der Waals surface area (Å²) in [5.74, 6) is -0.837. The van der Waals surface area contributed by atoms with E-state index in [-0.39, 0.29) is 10.8 Å². The Hall–Kier alpha value is -1.41. The zero-order valence-electron chi connectivity index (χ0n) is 13.2. The number of carbonyl (C=O) groups is 1. The van der Waals surface area contributed by atoms with Crippen molar-refractivity contribution in [1.82, 2.24) is 14.5 Å². The van der Waals surface area contributed by atoms with Crippen molar-refractivity contribution in [3.63, 3.8) is 0 Å². The maximum atomic E-state index is 12.3. The average molecular weight is 317 g/mol. The number of nitrogens with one attached hydrogen (secondary N) is 1. The highest BCUT2D eigenvalue weighted by Gasteiger charge is 2.32. The van der Waals surface area contributed by atoms with Crippen LogP contribution in [0.5, 0.6) is 0 Å². The standard InChI is InChI=1S/C13H23N3O4S/c1-9(2)11(12(17)20-13(3,4)5)15-21(18,19)10-7-14-16(6)8-10/h7-9,11,15H,1-6H3/t11-/m0/s1. The van der Waals surface area contributed by atoms with Gasteiger partial charge in [0.1, 0.15) is 16.5 Å². The van der Waals surface area contributed by atoms with Gasteiger partial charge < -0.3 is 4.74 Å². The average Bonchev–Trinajstić information content (AvgIpc) is 2.70. The van der Waals surface area contributed by atoms with Crippen LogP contribution in [0.2, 0.25) is 0 Å². The summed E-state index contributed by atoms with van der Waals surface area (Å²) >= 11 is 0. The summed E-state index contributed by atoms with van der Waals surface area (Å²) in [6.07, 6.45) is 2.60. The lowest BCUT2D eigenvalue weighted by atomic mass is 10.1. The SMILES string of the molecule is CC(C)[C@H](NS(=O)(=O)c1cnn(C)c1)C(=O)OC(C)(C)C. The van der Waals surface area contributed by atoms with Gasteiger partial charge in [0.15, 0.2) is 0 Å². The van der Waals surface area contributed by atoms with Crippen LogP contribution in [0.25, 0.3) is 0 Å². The number of ether oxygens (including phenoxy) is 1. The van der Waals surface area contributed by atoms with Gasteiger partial charge in [-0.05, 0) is 26.7 Å². The number of sulfonamides is 1. The second-order valence-corrected chi connectivity index (χ2v) is 7.94. The van der Waals surface area contributed by atoms with Crippen LogP contribution in [0.15, 0.2) is 17.3 Å². The lowest BCUT2D eigenvalue weighted by Gasteiger charge is -2.26. The first kappa shape index (κ1) is 17.6. The molecule has 0 aliphatic heterocycles. The molecule has 0 bridgehead atoms. The number of hydrogen-bond donors (Lipinski definition) is 1. The van der Waals surface area contributed by atoms with Crippen LogP contribution < -0.4 is 4.72 Å². The molecule has 1 atom stereocenters. The van der Waals surface area contributed by atoms with Crippen LogP contribution in [-0.2, 0) is 26.6 Å². The van der Waals surface area contributed by atoms with Gasteiger partial charge in [0.2, 0.25) is 10.0 Å². The van der Waals surface area contributed by atoms with Crippen molar-refractivity contribution >= 4 is 16.0 Å². The Labute approximate surface area is 125 Å². The Bertz CT molecular complexity index is 599. The number of esters is 1. The lowest BCUT2D eigenvalue weighted by Crippen LogP contribution is -2.47. The molecule has 0 amide bonds. The van der Waals surface area contributed by atoms with Crippen molar-refractivity contribution in [3.8, 4) is 0 Å². The zero-order valence-corrected chi connectivity index (χ0v) is 14.1. The number of hydrogen-bond acceptors (Lipinski definition) is 5. The molecule has 7 nitrogen and oxygen atoms in total. The van der Waals surface area contributed by atoms with Crippen LogP contribution in [0.1, 0.15) is 34.6 Å². The lowest BCUT2D eigenvalue weighted by molar-refractivity contribution is -0.158. The van der Waals surface area contributed by atoms with Crippen molar-refractivity contribution in [2.24, 2.45) is 13.0 Å². The highest BCUT2D eigenvalue weighted by atomic mass is 32.2. The molecule has 1 rings (SSSR count). The van der Waals surface area contributed by atoms with Crippen molar-refractivity contribution in [2.45, 2.75) is 51.2 Å². The molecule has 0 aliphatic carbocycles. The van der Waals surface area contributed by atoms with E-state index in [1.54, 1.807) is 41.7 Å². The fraction of sp³-hybridized carbons (Fsp3) is 0.692. The van der Waals surface area contributed by atoms with Gasteiger partial charge in [0.05, 0.1) is 6.20 Å². The first-order valence-corrected chi connectivity index (χ1v) is 8.14. The molecule has 0 radical (unpaired) electrons. The number of rotatable bonds is 5. The van der Waals surface area contributed by atoms with E-state index in [1.807, 2.05) is 0 Å². The molecule has 1 aromatic rings. The Morgan fingerprint density at radius 3 is 2.33 bits per heavy atom. The molecule has 0 aliphatic rings. The summed E-state index contributed by atoms with van der Waals surface area (Å²) in [5.41, 5.74) is -0.677. The highest BCUT2D eigenvalue weighted by Crippen LogP contribution is 2.15. The second-order valence-electron chi connectivity index (χ2n) is 6.23. The van der Waals surface area contributed by atoms with Crippen LogP contribution in [0, 0.1) is 5.92 Å². The minimum atomic E-state index is -3.82. The molecule has 0 spiro atoms. The smallest absolute Gasteiger partial charge is 0.324 e. The van der Waals surface area contributed by atoms with Crippen LogP contribution in [-0.4, -0.2) is 35.8 Å². The number of nitrogens with zero attached hydrogens (tertiary/aromatic N) is 2. The molecule has 21 heavy (non-hydrogen) atoms. The molecule has 120 valence electrons. The van der Waals surface area contributed by atoms with Gasteiger partial charge in [0, 0.05) is 13.2 Å². The summed E-state index contributed by atoms with van der Waals surface area (Å²) in [4.78, 5) is 12.2. The minimum Gasteiger partial charge on any atom is -0.459 e. The van der Waals surface area contributed by atoms with E-state index in [4.69, 9.17) is 4.74 Å². The largest absolute Gasteiger partial charge is 0.459 e. The maximum absolute atomic E-state index is 12.3. The van der Waals surface area contributed by atoms with Crippen molar-refractivity contribution in [1.29, 1.82) is 0 Å². The Kier molecular flexibility index (Phi) is 5.16. The Morgan fingerprint density at radius 1 is 1.38 bits per heavy atom.